The number of aryl methyl sites for hydroxylation is 1. The molecule has 0 fully saturated rings. The van der Waals surface area contributed by atoms with Gasteiger partial charge in [0.25, 0.3) is 5.91 Å². The van der Waals surface area contributed by atoms with Gasteiger partial charge in [-0.1, -0.05) is 23.8 Å². The van der Waals surface area contributed by atoms with Gasteiger partial charge >= 0.3 is 0 Å². The van der Waals surface area contributed by atoms with E-state index in [2.05, 4.69) is 40.7 Å². The van der Waals surface area contributed by atoms with E-state index in [-0.39, 0.29) is 5.91 Å². The summed E-state index contributed by atoms with van der Waals surface area (Å²) in [5.41, 5.74) is 3.58. The Morgan fingerprint density at radius 3 is 2.65 bits per heavy atom. The van der Waals surface area contributed by atoms with E-state index >= 15 is 0 Å². The van der Waals surface area contributed by atoms with Crippen molar-refractivity contribution in [3.63, 3.8) is 0 Å². The van der Waals surface area contributed by atoms with Crippen LogP contribution >= 0.6 is 11.8 Å². The van der Waals surface area contributed by atoms with E-state index in [4.69, 9.17) is 0 Å². The van der Waals surface area contributed by atoms with Crippen LogP contribution in [-0.2, 0) is 6.54 Å². The first kappa shape index (κ1) is 15.6. The van der Waals surface area contributed by atoms with Crippen LogP contribution < -0.4 is 0 Å². The monoisotopic (exact) mass is 325 g/mol. The minimum absolute atomic E-state index is 0.0733. The Kier molecular flexibility index (Phi) is 4.39. The quantitative estimate of drug-likeness (QED) is 0.741. The molecule has 1 amide bonds. The third-order valence-corrected chi connectivity index (χ3v) is 4.59. The molecule has 0 aliphatic heterocycles. The van der Waals surface area contributed by atoms with Gasteiger partial charge in [0.15, 0.2) is 5.69 Å². The summed E-state index contributed by atoms with van der Waals surface area (Å²) in [6.07, 6.45) is 2.05. The summed E-state index contributed by atoms with van der Waals surface area (Å²) in [7, 11) is 1.81. The third-order valence-electron chi connectivity index (χ3n) is 3.85. The van der Waals surface area contributed by atoms with Crippen LogP contribution in [0.3, 0.4) is 0 Å². The zero-order valence-corrected chi connectivity index (χ0v) is 14.3. The van der Waals surface area contributed by atoms with Crippen LogP contribution in [-0.4, -0.2) is 34.3 Å². The first-order chi connectivity index (χ1) is 11.1. The molecule has 0 spiro atoms. The summed E-state index contributed by atoms with van der Waals surface area (Å²) in [6, 6.07) is 14.2. The van der Waals surface area contributed by atoms with Gasteiger partial charge in [0, 0.05) is 23.9 Å². The van der Waals surface area contributed by atoms with E-state index in [1.807, 2.05) is 25.1 Å². The van der Waals surface area contributed by atoms with Crippen LogP contribution in [0.25, 0.3) is 10.9 Å². The lowest BCUT2D eigenvalue weighted by atomic mass is 10.1. The van der Waals surface area contributed by atoms with Crippen molar-refractivity contribution < 1.29 is 4.79 Å². The van der Waals surface area contributed by atoms with Crippen LogP contribution in [0.4, 0.5) is 0 Å². The molecule has 3 rings (SSSR count). The number of amides is 1. The molecule has 5 heteroatoms. The molecule has 1 heterocycles. The lowest BCUT2D eigenvalue weighted by Crippen LogP contribution is -2.26. The van der Waals surface area contributed by atoms with Gasteiger partial charge < -0.3 is 4.90 Å². The Morgan fingerprint density at radius 1 is 1.22 bits per heavy atom. The number of carbonyl (C=O) groups excluding carboxylic acids is 1. The van der Waals surface area contributed by atoms with Crippen molar-refractivity contribution in [1.82, 2.24) is 15.1 Å². The van der Waals surface area contributed by atoms with Gasteiger partial charge in [-0.25, -0.2) is 0 Å². The minimum atomic E-state index is -0.0733. The molecule has 118 valence electrons. The number of hydrogen-bond acceptors (Lipinski definition) is 3. The highest BCUT2D eigenvalue weighted by atomic mass is 32.2. The first-order valence-corrected chi connectivity index (χ1v) is 8.64. The highest BCUT2D eigenvalue weighted by Crippen LogP contribution is 2.20. The Balaban J connectivity index is 1.81. The Hall–Kier alpha value is -2.27. The molecule has 23 heavy (non-hydrogen) atoms. The van der Waals surface area contributed by atoms with Gasteiger partial charge in [0.1, 0.15) is 0 Å². The molecular formula is C18H19N3OS. The normalized spacial score (nSPS) is 10.9. The number of nitrogens with zero attached hydrogens (tertiary/aromatic N) is 2. The number of nitrogens with one attached hydrogen (secondary N) is 1. The fraction of sp³-hybridized carbons (Fsp3) is 0.222. The highest BCUT2D eigenvalue weighted by molar-refractivity contribution is 7.98. The molecule has 4 nitrogen and oxygen atoms in total. The minimum Gasteiger partial charge on any atom is -0.336 e. The van der Waals surface area contributed by atoms with Gasteiger partial charge in [-0.05, 0) is 43.0 Å². The van der Waals surface area contributed by atoms with Gasteiger partial charge in [-0.2, -0.15) is 5.10 Å². The number of hydrogen-bond donors (Lipinski definition) is 1. The standard InChI is InChI=1S/C18H19N3OS/c1-12-4-9-16-15(10-12)17(20-19-16)18(22)21(2)11-13-5-7-14(23-3)8-6-13/h4-10H,11H2,1-3H3,(H,19,20). The predicted molar refractivity (Wildman–Crippen MR) is 94.9 cm³/mol. The van der Waals surface area contributed by atoms with Crippen molar-refractivity contribution in [3.05, 3.63) is 59.3 Å². The molecule has 0 atom stereocenters. The van der Waals surface area contributed by atoms with Crippen LogP contribution in [0.15, 0.2) is 47.4 Å². The van der Waals surface area contributed by atoms with Crippen LogP contribution in [0.2, 0.25) is 0 Å². The molecule has 1 aromatic heterocycles. The third kappa shape index (κ3) is 3.24. The maximum absolute atomic E-state index is 12.7. The van der Waals surface area contributed by atoms with E-state index in [1.165, 1.54) is 4.90 Å². The Morgan fingerprint density at radius 2 is 1.96 bits per heavy atom. The number of fused-ring (bicyclic) bond motifs is 1. The lowest BCUT2D eigenvalue weighted by molar-refractivity contribution is 0.0781. The van der Waals surface area contributed by atoms with E-state index < -0.39 is 0 Å². The molecule has 0 aliphatic rings. The molecule has 1 N–H and O–H groups in total. The molecule has 0 unspecified atom stereocenters. The second-order valence-corrected chi connectivity index (χ2v) is 6.51. The summed E-state index contributed by atoms with van der Waals surface area (Å²) in [4.78, 5) is 15.6. The van der Waals surface area contributed by atoms with Crippen molar-refractivity contribution >= 4 is 28.6 Å². The fourth-order valence-electron chi connectivity index (χ4n) is 2.55. The number of aromatic amines is 1. The molecule has 0 saturated carbocycles. The average molecular weight is 325 g/mol. The highest BCUT2D eigenvalue weighted by Gasteiger charge is 2.18. The Bertz CT molecular complexity index is 839. The van der Waals surface area contributed by atoms with Crippen molar-refractivity contribution in [3.8, 4) is 0 Å². The van der Waals surface area contributed by atoms with Gasteiger partial charge in [0.05, 0.1) is 5.52 Å². The van der Waals surface area contributed by atoms with Crippen molar-refractivity contribution in [2.45, 2.75) is 18.4 Å². The summed E-state index contributed by atoms with van der Waals surface area (Å²) in [5.74, 6) is -0.0733. The van der Waals surface area contributed by atoms with Gasteiger partial charge in [-0.15, -0.1) is 11.8 Å². The van der Waals surface area contributed by atoms with E-state index in [0.29, 0.717) is 12.2 Å². The van der Waals surface area contributed by atoms with Crippen molar-refractivity contribution in [2.75, 3.05) is 13.3 Å². The number of rotatable bonds is 4. The first-order valence-electron chi connectivity index (χ1n) is 7.41. The number of H-pyrrole nitrogens is 1. The lowest BCUT2D eigenvalue weighted by Gasteiger charge is -2.16. The van der Waals surface area contributed by atoms with Crippen LogP contribution in [0.1, 0.15) is 21.6 Å². The summed E-state index contributed by atoms with van der Waals surface area (Å²) in [6.45, 7) is 2.57. The van der Waals surface area contributed by atoms with Crippen molar-refractivity contribution in [1.29, 1.82) is 0 Å². The molecule has 0 radical (unpaired) electrons. The molecule has 2 aromatic carbocycles. The summed E-state index contributed by atoms with van der Waals surface area (Å²) < 4.78 is 0. The molecule has 0 bridgehead atoms. The molecule has 0 aliphatic carbocycles. The van der Waals surface area contributed by atoms with Crippen LogP contribution in [0.5, 0.6) is 0 Å². The summed E-state index contributed by atoms with van der Waals surface area (Å²) >= 11 is 1.71. The second-order valence-electron chi connectivity index (χ2n) is 5.63. The molecular weight excluding hydrogens is 306 g/mol. The zero-order valence-electron chi connectivity index (χ0n) is 13.5. The topological polar surface area (TPSA) is 49.0 Å². The summed E-state index contributed by atoms with van der Waals surface area (Å²) in [5, 5.41) is 8.01. The number of thioether (sulfide) groups is 1. The zero-order chi connectivity index (χ0) is 16.4. The second kappa shape index (κ2) is 6.46. The van der Waals surface area contributed by atoms with Crippen molar-refractivity contribution in [2.24, 2.45) is 0 Å². The SMILES string of the molecule is CSc1ccc(CN(C)C(=O)c2n[nH]c3ccc(C)cc23)cc1. The fourth-order valence-corrected chi connectivity index (χ4v) is 2.96. The molecule has 3 aromatic rings. The maximum atomic E-state index is 12.7. The number of benzene rings is 2. The average Bonchev–Trinajstić information content (AvgIpc) is 2.97. The number of aromatic nitrogens is 2. The van der Waals surface area contributed by atoms with E-state index in [0.717, 1.165) is 22.0 Å². The largest absolute Gasteiger partial charge is 0.336 e. The van der Waals surface area contributed by atoms with Gasteiger partial charge in [-0.3, -0.25) is 9.89 Å². The van der Waals surface area contributed by atoms with E-state index in [9.17, 15) is 4.79 Å². The molecule has 0 saturated heterocycles. The maximum Gasteiger partial charge on any atom is 0.275 e. The smallest absolute Gasteiger partial charge is 0.275 e. The van der Waals surface area contributed by atoms with Gasteiger partial charge in [0.2, 0.25) is 0 Å². The number of carbonyl (C=O) groups is 1. The van der Waals surface area contributed by atoms with Crippen LogP contribution in [0, 0.1) is 6.92 Å². The predicted octanol–water partition coefficient (Wildman–Crippen LogP) is 3.87. The van der Waals surface area contributed by atoms with E-state index in [1.54, 1.807) is 23.7 Å². The Labute approximate surface area is 139 Å².